The lowest BCUT2D eigenvalue weighted by atomic mass is 10.4. The predicted molar refractivity (Wildman–Crippen MR) is 72.0 cm³/mol. The molecule has 96 valence electrons. The number of hydrogen-bond acceptors (Lipinski definition) is 7. The molecule has 18 heavy (non-hydrogen) atoms. The van der Waals surface area contributed by atoms with Gasteiger partial charge in [-0.1, -0.05) is 0 Å². The van der Waals surface area contributed by atoms with Crippen molar-refractivity contribution >= 4 is 22.8 Å². The third-order valence-electron chi connectivity index (χ3n) is 2.45. The number of aromatic nitrogens is 3. The number of nitrogens with zero attached hydrogens (tertiary/aromatic N) is 4. The monoisotopic (exact) mass is 265 g/mol. The zero-order chi connectivity index (χ0) is 13.1. The van der Waals surface area contributed by atoms with Gasteiger partial charge in [0.05, 0.1) is 24.4 Å². The van der Waals surface area contributed by atoms with E-state index >= 15 is 0 Å². The molecule has 0 aliphatic carbocycles. The van der Waals surface area contributed by atoms with Gasteiger partial charge in [0, 0.05) is 12.4 Å². The molecule has 0 spiro atoms. The summed E-state index contributed by atoms with van der Waals surface area (Å²) in [6.07, 6.45) is 1.44. The molecule has 0 aromatic carbocycles. The first-order valence-corrected chi connectivity index (χ1v) is 6.26. The van der Waals surface area contributed by atoms with Crippen LogP contribution in [-0.2, 0) is 6.54 Å². The van der Waals surface area contributed by atoms with Crippen LogP contribution in [-0.4, -0.2) is 29.1 Å². The van der Waals surface area contributed by atoms with Gasteiger partial charge < -0.3 is 15.4 Å². The molecule has 0 bridgehead atoms. The van der Waals surface area contributed by atoms with Crippen molar-refractivity contribution < 1.29 is 4.74 Å². The van der Waals surface area contributed by atoms with Crippen molar-refractivity contribution in [2.24, 2.45) is 0 Å². The summed E-state index contributed by atoms with van der Waals surface area (Å²) < 4.78 is 5.07. The van der Waals surface area contributed by atoms with E-state index in [1.807, 2.05) is 24.3 Å². The minimum Gasteiger partial charge on any atom is -0.479 e. The van der Waals surface area contributed by atoms with Crippen molar-refractivity contribution in [3.8, 4) is 5.88 Å². The van der Waals surface area contributed by atoms with Gasteiger partial charge in [0.25, 0.3) is 0 Å². The normalized spacial score (nSPS) is 10.4. The molecule has 2 aromatic heterocycles. The summed E-state index contributed by atoms with van der Waals surface area (Å²) in [4.78, 5) is 14.5. The number of nitrogen functional groups attached to an aromatic ring is 1. The van der Waals surface area contributed by atoms with Crippen LogP contribution in [0.2, 0.25) is 0 Å². The first-order valence-electron chi connectivity index (χ1n) is 5.38. The Kier molecular flexibility index (Phi) is 3.61. The van der Waals surface area contributed by atoms with E-state index in [2.05, 4.69) is 15.0 Å². The van der Waals surface area contributed by atoms with Crippen LogP contribution in [0.25, 0.3) is 0 Å². The highest BCUT2D eigenvalue weighted by atomic mass is 32.1. The van der Waals surface area contributed by atoms with E-state index in [0.717, 1.165) is 10.7 Å². The second kappa shape index (κ2) is 5.18. The molecule has 0 aliphatic rings. The van der Waals surface area contributed by atoms with Crippen LogP contribution in [0.1, 0.15) is 10.7 Å². The number of methoxy groups -OCH3 is 1. The van der Waals surface area contributed by atoms with Crippen LogP contribution in [0.5, 0.6) is 5.88 Å². The Balaban J connectivity index is 2.21. The average Bonchev–Trinajstić information content (AvgIpc) is 2.75. The molecular weight excluding hydrogens is 250 g/mol. The molecule has 2 aromatic rings. The number of hydrogen-bond donors (Lipinski definition) is 1. The Morgan fingerprint density at radius 1 is 1.44 bits per heavy atom. The molecule has 0 fully saturated rings. The van der Waals surface area contributed by atoms with E-state index in [9.17, 15) is 0 Å². The summed E-state index contributed by atoms with van der Waals surface area (Å²) in [5, 5.41) is 3.08. The molecule has 0 radical (unpaired) electrons. The highest BCUT2D eigenvalue weighted by molar-refractivity contribution is 7.09. The molecule has 0 saturated carbocycles. The minimum atomic E-state index is 0.390. The lowest BCUT2D eigenvalue weighted by molar-refractivity contribution is 0.399. The van der Waals surface area contributed by atoms with Crippen LogP contribution in [0.3, 0.4) is 0 Å². The van der Waals surface area contributed by atoms with Gasteiger partial charge in [0.15, 0.2) is 5.82 Å². The fraction of sp³-hybridized carbons (Fsp3) is 0.364. The number of nitrogens with two attached hydrogens (primary N) is 1. The van der Waals surface area contributed by atoms with Crippen LogP contribution in [0.4, 0.5) is 11.5 Å². The zero-order valence-corrected chi connectivity index (χ0v) is 11.4. The third kappa shape index (κ3) is 2.51. The number of aryl methyl sites for hydroxylation is 1. The molecular formula is C11H15N5OS. The topological polar surface area (TPSA) is 77.2 Å². The quantitative estimate of drug-likeness (QED) is 0.902. The fourth-order valence-corrected chi connectivity index (χ4v) is 2.24. The smallest absolute Gasteiger partial charge is 0.242 e. The Morgan fingerprint density at radius 2 is 2.22 bits per heavy atom. The van der Waals surface area contributed by atoms with E-state index in [4.69, 9.17) is 10.5 Å². The van der Waals surface area contributed by atoms with Gasteiger partial charge in [-0.05, 0) is 6.92 Å². The molecule has 0 saturated heterocycles. The number of rotatable bonds is 4. The van der Waals surface area contributed by atoms with Gasteiger partial charge >= 0.3 is 0 Å². The van der Waals surface area contributed by atoms with Gasteiger partial charge in [0.1, 0.15) is 12.0 Å². The van der Waals surface area contributed by atoms with Crippen LogP contribution in [0.15, 0.2) is 11.7 Å². The van der Waals surface area contributed by atoms with Gasteiger partial charge in [-0.3, -0.25) is 0 Å². The maximum Gasteiger partial charge on any atom is 0.242 e. The van der Waals surface area contributed by atoms with Gasteiger partial charge in [-0.2, -0.15) is 4.98 Å². The molecule has 7 heteroatoms. The highest BCUT2D eigenvalue weighted by Gasteiger charge is 2.13. The lowest BCUT2D eigenvalue weighted by Crippen LogP contribution is -2.20. The van der Waals surface area contributed by atoms with Gasteiger partial charge in [0.2, 0.25) is 5.88 Å². The SMILES string of the molecule is COc1ncnc(N(C)Cc2csc(C)n2)c1N. The van der Waals surface area contributed by atoms with E-state index < -0.39 is 0 Å². The molecule has 0 aliphatic heterocycles. The molecule has 2 rings (SSSR count). The van der Waals surface area contributed by atoms with E-state index in [1.54, 1.807) is 11.3 Å². The maximum absolute atomic E-state index is 5.94. The molecule has 0 amide bonds. The lowest BCUT2D eigenvalue weighted by Gasteiger charge is -2.19. The van der Waals surface area contributed by atoms with Crippen molar-refractivity contribution in [1.82, 2.24) is 15.0 Å². The summed E-state index contributed by atoms with van der Waals surface area (Å²) in [6.45, 7) is 2.63. The van der Waals surface area contributed by atoms with Crippen molar-refractivity contribution in [2.75, 3.05) is 24.8 Å². The van der Waals surface area contributed by atoms with Crippen molar-refractivity contribution in [3.63, 3.8) is 0 Å². The van der Waals surface area contributed by atoms with Crippen molar-refractivity contribution in [2.45, 2.75) is 13.5 Å². The summed E-state index contributed by atoms with van der Waals surface area (Å²) >= 11 is 1.63. The molecule has 2 N–H and O–H groups in total. The number of anilines is 2. The summed E-state index contributed by atoms with van der Waals surface area (Å²) in [6, 6.07) is 0. The number of ether oxygens (including phenoxy) is 1. The molecule has 0 unspecified atom stereocenters. The Morgan fingerprint density at radius 3 is 2.83 bits per heavy atom. The summed E-state index contributed by atoms with van der Waals surface area (Å²) in [5.41, 5.74) is 7.38. The first kappa shape index (κ1) is 12.6. The van der Waals surface area contributed by atoms with Gasteiger partial charge in [-0.15, -0.1) is 11.3 Å². The van der Waals surface area contributed by atoms with Crippen molar-refractivity contribution in [3.05, 3.63) is 22.4 Å². The van der Waals surface area contributed by atoms with E-state index in [0.29, 0.717) is 23.9 Å². The second-order valence-electron chi connectivity index (χ2n) is 3.83. The van der Waals surface area contributed by atoms with Crippen molar-refractivity contribution in [1.29, 1.82) is 0 Å². The minimum absolute atomic E-state index is 0.390. The van der Waals surface area contributed by atoms with Crippen LogP contribution >= 0.6 is 11.3 Å². The van der Waals surface area contributed by atoms with E-state index in [-0.39, 0.29) is 0 Å². The zero-order valence-electron chi connectivity index (χ0n) is 10.5. The Bertz CT molecular complexity index is 542. The molecule has 6 nitrogen and oxygen atoms in total. The Labute approximate surface area is 109 Å². The second-order valence-corrected chi connectivity index (χ2v) is 4.90. The van der Waals surface area contributed by atoms with E-state index in [1.165, 1.54) is 13.4 Å². The standard InChI is InChI=1S/C11H15N5OS/c1-7-15-8(5-18-7)4-16(2)10-9(12)11(17-3)14-6-13-10/h5-6H,4,12H2,1-3H3. The predicted octanol–water partition coefficient (Wildman–Crippen LogP) is 1.47. The summed E-state index contributed by atoms with van der Waals surface area (Å²) in [7, 11) is 3.44. The van der Waals surface area contributed by atoms with Crippen LogP contribution in [0, 0.1) is 6.92 Å². The molecule has 0 atom stereocenters. The Hall–Kier alpha value is -1.89. The largest absolute Gasteiger partial charge is 0.479 e. The number of thiazole rings is 1. The molecule has 2 heterocycles. The van der Waals surface area contributed by atoms with Crippen LogP contribution < -0.4 is 15.4 Å². The highest BCUT2D eigenvalue weighted by Crippen LogP contribution is 2.27. The summed E-state index contributed by atoms with van der Waals surface area (Å²) in [5.74, 6) is 1.04. The average molecular weight is 265 g/mol. The van der Waals surface area contributed by atoms with Gasteiger partial charge in [-0.25, -0.2) is 9.97 Å². The maximum atomic E-state index is 5.94. The third-order valence-corrected chi connectivity index (χ3v) is 3.27. The first-order chi connectivity index (χ1) is 8.61. The fourth-order valence-electron chi connectivity index (χ4n) is 1.64.